The molecule has 2 atom stereocenters. The van der Waals surface area contributed by atoms with Crippen molar-refractivity contribution < 1.29 is 0 Å². The van der Waals surface area contributed by atoms with Crippen molar-refractivity contribution in [3.63, 3.8) is 0 Å². The van der Waals surface area contributed by atoms with Crippen molar-refractivity contribution in [3.05, 3.63) is 11.5 Å². The predicted molar refractivity (Wildman–Crippen MR) is 82.2 cm³/mol. The maximum Gasteiger partial charge on any atom is 0.158 e. The van der Waals surface area contributed by atoms with E-state index in [2.05, 4.69) is 23.5 Å². The molecule has 0 radical (unpaired) electrons. The molecule has 0 amide bonds. The van der Waals surface area contributed by atoms with Crippen molar-refractivity contribution >= 4 is 22.8 Å². The van der Waals surface area contributed by atoms with E-state index in [1.165, 1.54) is 19.3 Å². The molecule has 1 aliphatic rings. The molecule has 0 aromatic carbocycles. The summed E-state index contributed by atoms with van der Waals surface area (Å²) in [7, 11) is 2.00. The Kier molecular flexibility index (Phi) is 3.12. The molecule has 110 valence electrons. The summed E-state index contributed by atoms with van der Waals surface area (Å²) in [5, 5.41) is 4.43. The zero-order chi connectivity index (χ0) is 14.7. The number of alkyl halides is 1. The van der Waals surface area contributed by atoms with Crippen LogP contribution in [0.4, 0.5) is 0 Å². The summed E-state index contributed by atoms with van der Waals surface area (Å²) >= 11 is 6.38. The van der Waals surface area contributed by atoms with Crippen molar-refractivity contribution in [1.82, 2.24) is 19.3 Å². The molecule has 2 aromatic rings. The van der Waals surface area contributed by atoms with E-state index in [1.54, 1.807) is 0 Å². The number of hydrogen-bond donors (Lipinski definition) is 0. The van der Waals surface area contributed by atoms with Crippen LogP contribution in [0.25, 0.3) is 11.2 Å². The number of nitrogens with zero attached hydrogens (tertiary/aromatic N) is 4. The van der Waals surface area contributed by atoms with E-state index >= 15 is 0 Å². The molecule has 1 fully saturated rings. The van der Waals surface area contributed by atoms with Crippen LogP contribution >= 0.6 is 11.6 Å². The first-order chi connectivity index (χ1) is 9.30. The van der Waals surface area contributed by atoms with Gasteiger partial charge in [0.25, 0.3) is 0 Å². The van der Waals surface area contributed by atoms with Crippen LogP contribution in [0.3, 0.4) is 0 Å². The summed E-state index contributed by atoms with van der Waals surface area (Å²) in [6, 6.07) is 0.487. The average Bonchev–Trinajstić information content (AvgIpc) is 2.95. The highest BCUT2D eigenvalue weighted by Gasteiger charge is 2.35. The van der Waals surface area contributed by atoms with Gasteiger partial charge >= 0.3 is 0 Å². The fourth-order valence-electron chi connectivity index (χ4n) is 3.57. The summed E-state index contributed by atoms with van der Waals surface area (Å²) in [5.74, 6) is 0.987. The van der Waals surface area contributed by atoms with Gasteiger partial charge in [0.05, 0.1) is 11.1 Å². The van der Waals surface area contributed by atoms with E-state index in [0.29, 0.717) is 11.5 Å². The Bertz CT molecular complexity index is 650. The first-order valence-electron chi connectivity index (χ1n) is 7.35. The molecule has 0 spiro atoms. The number of rotatable bonds is 2. The van der Waals surface area contributed by atoms with Gasteiger partial charge in [-0.1, -0.05) is 13.8 Å². The Morgan fingerprint density at radius 2 is 2.10 bits per heavy atom. The van der Waals surface area contributed by atoms with Crippen LogP contribution in [-0.4, -0.2) is 19.3 Å². The topological polar surface area (TPSA) is 35.6 Å². The van der Waals surface area contributed by atoms with E-state index < -0.39 is 0 Å². The highest BCUT2D eigenvalue weighted by molar-refractivity contribution is 6.20. The number of aryl methyl sites for hydroxylation is 2. The van der Waals surface area contributed by atoms with Crippen molar-refractivity contribution in [2.24, 2.45) is 12.5 Å². The molecule has 0 saturated heterocycles. The molecule has 2 aromatic heterocycles. The monoisotopic (exact) mass is 294 g/mol. The maximum atomic E-state index is 6.38. The predicted octanol–water partition coefficient (Wildman–Crippen LogP) is 4.13. The zero-order valence-electron chi connectivity index (χ0n) is 12.9. The number of aromatic nitrogens is 4. The van der Waals surface area contributed by atoms with Crippen LogP contribution in [0.2, 0.25) is 0 Å². The second-order valence-electron chi connectivity index (χ2n) is 6.90. The number of hydrogen-bond acceptors (Lipinski definition) is 2. The Morgan fingerprint density at radius 3 is 2.65 bits per heavy atom. The highest BCUT2D eigenvalue weighted by atomic mass is 35.5. The number of fused-ring (bicyclic) bond motifs is 1. The molecular formula is C15H23ClN4. The molecule has 20 heavy (non-hydrogen) atoms. The SMILES string of the molecule is Cc1nn(C)c2c1nc(C(C)Cl)n2C1CCC(C)(C)C1. The standard InChI is InChI=1S/C15H23ClN4/c1-9(16)13-17-12-10(2)18-19(5)14(12)20(13)11-6-7-15(3,4)8-11/h9,11H,6-8H2,1-5H3. The molecule has 2 unspecified atom stereocenters. The van der Waals surface area contributed by atoms with E-state index in [9.17, 15) is 0 Å². The minimum atomic E-state index is -0.0782. The fraction of sp³-hybridized carbons (Fsp3) is 0.733. The summed E-state index contributed by atoms with van der Waals surface area (Å²) < 4.78 is 4.30. The molecule has 1 saturated carbocycles. The minimum absolute atomic E-state index is 0.0782. The van der Waals surface area contributed by atoms with Crippen molar-refractivity contribution in [3.8, 4) is 0 Å². The molecule has 0 N–H and O–H groups in total. The zero-order valence-corrected chi connectivity index (χ0v) is 13.7. The van der Waals surface area contributed by atoms with Crippen LogP contribution in [-0.2, 0) is 7.05 Å². The van der Waals surface area contributed by atoms with Gasteiger partial charge in [0.2, 0.25) is 0 Å². The summed E-state index contributed by atoms with van der Waals surface area (Å²) in [5.41, 5.74) is 3.51. The van der Waals surface area contributed by atoms with Crippen LogP contribution in [0.15, 0.2) is 0 Å². The molecule has 1 aliphatic carbocycles. The summed E-state index contributed by atoms with van der Waals surface area (Å²) in [6.45, 7) is 8.71. The minimum Gasteiger partial charge on any atom is -0.309 e. The lowest BCUT2D eigenvalue weighted by Gasteiger charge is -2.20. The lowest BCUT2D eigenvalue weighted by atomic mass is 9.92. The largest absolute Gasteiger partial charge is 0.309 e. The maximum absolute atomic E-state index is 6.38. The van der Waals surface area contributed by atoms with E-state index in [-0.39, 0.29) is 5.38 Å². The Balaban J connectivity index is 2.19. The van der Waals surface area contributed by atoms with Gasteiger partial charge in [0.15, 0.2) is 5.65 Å². The lowest BCUT2D eigenvalue weighted by Crippen LogP contribution is -2.14. The lowest BCUT2D eigenvalue weighted by molar-refractivity contribution is 0.357. The molecular weight excluding hydrogens is 272 g/mol. The van der Waals surface area contributed by atoms with Gasteiger partial charge in [0.1, 0.15) is 11.3 Å². The third kappa shape index (κ3) is 2.05. The van der Waals surface area contributed by atoms with Crippen LogP contribution < -0.4 is 0 Å². The molecule has 2 heterocycles. The van der Waals surface area contributed by atoms with Gasteiger partial charge in [-0.3, -0.25) is 4.68 Å². The molecule has 0 bridgehead atoms. The van der Waals surface area contributed by atoms with Gasteiger partial charge in [0, 0.05) is 13.1 Å². The van der Waals surface area contributed by atoms with Crippen LogP contribution in [0.5, 0.6) is 0 Å². The smallest absolute Gasteiger partial charge is 0.158 e. The quantitative estimate of drug-likeness (QED) is 0.781. The van der Waals surface area contributed by atoms with Crippen LogP contribution in [0, 0.1) is 12.3 Å². The van der Waals surface area contributed by atoms with Gasteiger partial charge < -0.3 is 4.57 Å². The Morgan fingerprint density at radius 1 is 1.40 bits per heavy atom. The fourth-order valence-corrected chi connectivity index (χ4v) is 3.73. The number of imidazole rings is 1. The van der Waals surface area contributed by atoms with Gasteiger partial charge in [-0.2, -0.15) is 5.10 Å². The first kappa shape index (κ1) is 13.9. The van der Waals surface area contributed by atoms with Gasteiger partial charge in [-0.05, 0) is 38.5 Å². The molecule has 3 rings (SSSR count). The molecule has 4 nitrogen and oxygen atoms in total. The second-order valence-corrected chi connectivity index (χ2v) is 7.55. The van der Waals surface area contributed by atoms with Gasteiger partial charge in [-0.15, -0.1) is 11.6 Å². The Labute approximate surface area is 125 Å². The third-order valence-electron chi connectivity index (χ3n) is 4.53. The Hall–Kier alpha value is -1.03. The summed E-state index contributed by atoms with van der Waals surface area (Å²) in [4.78, 5) is 4.77. The second kappa shape index (κ2) is 4.48. The first-order valence-corrected chi connectivity index (χ1v) is 7.79. The van der Waals surface area contributed by atoms with Crippen molar-refractivity contribution in [2.45, 2.75) is 58.4 Å². The normalized spacial score (nSPS) is 23.6. The molecule has 0 aliphatic heterocycles. The number of halogens is 1. The van der Waals surface area contributed by atoms with Crippen molar-refractivity contribution in [1.29, 1.82) is 0 Å². The van der Waals surface area contributed by atoms with E-state index in [1.807, 2.05) is 25.6 Å². The average molecular weight is 295 g/mol. The van der Waals surface area contributed by atoms with E-state index in [4.69, 9.17) is 16.6 Å². The van der Waals surface area contributed by atoms with Crippen molar-refractivity contribution in [2.75, 3.05) is 0 Å². The van der Waals surface area contributed by atoms with E-state index in [0.717, 1.165) is 22.7 Å². The van der Waals surface area contributed by atoms with Gasteiger partial charge in [-0.25, -0.2) is 4.98 Å². The molecule has 5 heteroatoms. The third-order valence-corrected chi connectivity index (χ3v) is 4.72. The van der Waals surface area contributed by atoms with Crippen LogP contribution in [0.1, 0.15) is 63.0 Å². The highest BCUT2D eigenvalue weighted by Crippen LogP contribution is 2.45. The summed E-state index contributed by atoms with van der Waals surface area (Å²) in [6.07, 6.45) is 3.63.